The summed E-state index contributed by atoms with van der Waals surface area (Å²) in [5.74, 6) is 1.22. The van der Waals surface area contributed by atoms with Gasteiger partial charge in [-0.3, -0.25) is 4.98 Å². The van der Waals surface area contributed by atoms with Crippen LogP contribution in [0.4, 0.5) is 0 Å². The van der Waals surface area contributed by atoms with E-state index in [0.29, 0.717) is 40.1 Å². The topological polar surface area (TPSA) is 85.2 Å². The van der Waals surface area contributed by atoms with E-state index in [9.17, 15) is 5.21 Å². The summed E-state index contributed by atoms with van der Waals surface area (Å²) in [7, 11) is 0. The summed E-state index contributed by atoms with van der Waals surface area (Å²) < 4.78 is 13.9. The van der Waals surface area contributed by atoms with Gasteiger partial charge in [0.2, 0.25) is 0 Å². The smallest absolute Gasteiger partial charge is 0.155 e. The first-order valence-electron chi connectivity index (χ1n) is 10.0. The first kappa shape index (κ1) is 21.4. The van der Waals surface area contributed by atoms with Crippen LogP contribution in [-0.4, -0.2) is 26.2 Å². The minimum absolute atomic E-state index is 0. The van der Waals surface area contributed by atoms with Crippen LogP contribution in [0.3, 0.4) is 0 Å². The zero-order valence-electron chi connectivity index (χ0n) is 17.1. The Kier molecular flexibility index (Phi) is 6.37. The van der Waals surface area contributed by atoms with E-state index < -0.39 is 0 Å². The number of rotatable bonds is 6. The van der Waals surface area contributed by atoms with Gasteiger partial charge in [-0.15, -0.1) is 12.4 Å². The second kappa shape index (κ2) is 9.53. The molecule has 7 nitrogen and oxygen atoms in total. The Morgan fingerprint density at radius 3 is 2.78 bits per heavy atom. The molecule has 0 amide bonds. The maximum Gasteiger partial charge on any atom is 0.155 e. The van der Waals surface area contributed by atoms with Crippen LogP contribution in [0.25, 0.3) is 27.9 Å². The number of nitrogens with zero attached hydrogens (tertiary/aromatic N) is 4. The van der Waals surface area contributed by atoms with Crippen LogP contribution in [0.5, 0.6) is 5.75 Å². The molecule has 0 aliphatic carbocycles. The Morgan fingerprint density at radius 1 is 1.06 bits per heavy atom. The zero-order valence-corrected chi connectivity index (χ0v) is 17.9. The van der Waals surface area contributed by atoms with Gasteiger partial charge in [-0.05, 0) is 66.9 Å². The molecule has 1 aromatic carbocycles. The lowest BCUT2D eigenvalue weighted by molar-refractivity contribution is 0.302. The summed E-state index contributed by atoms with van der Waals surface area (Å²) in [6.07, 6.45) is 9.05. The number of hydrogen-bond acceptors (Lipinski definition) is 6. The summed E-state index contributed by atoms with van der Waals surface area (Å²) in [5, 5.41) is 14.1. The molecule has 0 radical (unpaired) electrons. The van der Waals surface area contributed by atoms with Crippen molar-refractivity contribution in [2.24, 2.45) is 5.16 Å². The molecule has 5 aromatic rings. The number of halogens is 1. The molecule has 0 unspecified atom stereocenters. The van der Waals surface area contributed by atoms with Gasteiger partial charge >= 0.3 is 0 Å². The van der Waals surface area contributed by atoms with Gasteiger partial charge in [0, 0.05) is 30.2 Å². The van der Waals surface area contributed by atoms with Crippen molar-refractivity contribution in [1.29, 1.82) is 0 Å². The lowest BCUT2D eigenvalue weighted by Gasteiger charge is -2.08. The number of fused-ring (bicyclic) bond motifs is 2. The summed E-state index contributed by atoms with van der Waals surface area (Å²) in [4.78, 5) is 8.47. The molecule has 4 aromatic heterocycles. The Balaban J connectivity index is 0.00000245. The highest BCUT2D eigenvalue weighted by molar-refractivity contribution is 5.85. The zero-order chi connectivity index (χ0) is 21.0. The van der Waals surface area contributed by atoms with E-state index in [1.54, 1.807) is 24.8 Å². The number of pyridine rings is 1. The van der Waals surface area contributed by atoms with Crippen LogP contribution in [0.15, 0.2) is 89.1 Å². The van der Waals surface area contributed by atoms with E-state index in [1.165, 1.54) is 5.56 Å². The van der Waals surface area contributed by atoms with Gasteiger partial charge in [-0.1, -0.05) is 5.16 Å². The molecule has 4 heterocycles. The van der Waals surface area contributed by atoms with Crippen molar-refractivity contribution in [2.45, 2.75) is 12.8 Å². The predicted molar refractivity (Wildman–Crippen MR) is 123 cm³/mol. The second-order valence-corrected chi connectivity index (χ2v) is 7.18. The van der Waals surface area contributed by atoms with Gasteiger partial charge < -0.3 is 18.8 Å². The van der Waals surface area contributed by atoms with E-state index in [0.717, 1.165) is 18.4 Å². The van der Waals surface area contributed by atoms with Crippen LogP contribution in [0.2, 0.25) is 0 Å². The third-order valence-electron chi connectivity index (χ3n) is 5.12. The third kappa shape index (κ3) is 4.43. The average Bonchev–Trinajstić information content (AvgIpc) is 3.30. The Bertz CT molecular complexity index is 1410. The summed E-state index contributed by atoms with van der Waals surface area (Å²) >= 11 is 0. The Labute approximate surface area is 190 Å². The largest absolute Gasteiger partial charge is 0.494 e. The van der Waals surface area contributed by atoms with Crippen molar-refractivity contribution in [1.82, 2.24) is 14.4 Å². The second-order valence-electron chi connectivity index (χ2n) is 7.18. The number of benzene rings is 1. The molecule has 0 fully saturated rings. The maximum atomic E-state index is 9.59. The molecule has 0 saturated carbocycles. The van der Waals surface area contributed by atoms with E-state index in [2.05, 4.69) is 15.1 Å². The van der Waals surface area contributed by atoms with Crippen molar-refractivity contribution in [3.63, 3.8) is 0 Å². The van der Waals surface area contributed by atoms with Crippen LogP contribution < -0.4 is 10.1 Å². The summed E-state index contributed by atoms with van der Waals surface area (Å²) in [6.45, 7) is 0.579. The van der Waals surface area contributed by atoms with Gasteiger partial charge in [0.05, 0.1) is 18.3 Å². The molecule has 0 atom stereocenters. The molecule has 162 valence electrons. The molecule has 0 spiro atoms. The third-order valence-corrected chi connectivity index (χ3v) is 5.12. The Hall–Kier alpha value is -3.84. The van der Waals surface area contributed by atoms with Crippen LogP contribution in [0.1, 0.15) is 12.0 Å². The van der Waals surface area contributed by atoms with Gasteiger partial charge in [-0.25, -0.2) is 4.98 Å². The number of ether oxygens (including phenoxy) is 1. The van der Waals surface area contributed by atoms with Gasteiger partial charge in [0.25, 0.3) is 0 Å². The highest BCUT2D eigenvalue weighted by Crippen LogP contribution is 2.24. The van der Waals surface area contributed by atoms with Crippen molar-refractivity contribution in [3.05, 3.63) is 90.4 Å². The van der Waals surface area contributed by atoms with Crippen LogP contribution in [0, 0.1) is 0 Å². The van der Waals surface area contributed by atoms with Crippen LogP contribution >= 0.6 is 12.4 Å². The quantitative estimate of drug-likeness (QED) is 0.227. The average molecular weight is 449 g/mol. The fourth-order valence-electron chi connectivity index (χ4n) is 3.53. The van der Waals surface area contributed by atoms with E-state index in [1.807, 2.05) is 59.1 Å². The molecule has 0 bridgehead atoms. The highest BCUT2D eigenvalue weighted by Gasteiger charge is 2.10. The number of aromatic nitrogens is 3. The lowest BCUT2D eigenvalue weighted by Crippen LogP contribution is -2.05. The first-order valence-corrected chi connectivity index (χ1v) is 10.0. The SMILES string of the molecule is Cl.O/N=c1/cc(-c2cc3cccn3cn2)oc2ccc(OCCCc3ccncc3)cc12. The molecule has 8 heteroatoms. The lowest BCUT2D eigenvalue weighted by atomic mass is 10.1. The molecule has 0 aliphatic heterocycles. The fourth-order valence-corrected chi connectivity index (χ4v) is 3.53. The first-order chi connectivity index (χ1) is 15.3. The molecule has 0 aliphatic rings. The predicted octanol–water partition coefficient (Wildman–Crippen LogP) is 4.87. The van der Waals surface area contributed by atoms with Gasteiger partial charge in [-0.2, -0.15) is 0 Å². The number of aryl methyl sites for hydroxylation is 1. The maximum absolute atomic E-state index is 9.59. The van der Waals surface area contributed by atoms with Crippen molar-refractivity contribution in [3.8, 4) is 17.2 Å². The van der Waals surface area contributed by atoms with Crippen molar-refractivity contribution < 1.29 is 14.4 Å². The minimum Gasteiger partial charge on any atom is -0.494 e. The van der Waals surface area contributed by atoms with Gasteiger partial charge in [0.1, 0.15) is 22.4 Å². The summed E-state index contributed by atoms with van der Waals surface area (Å²) in [6, 6.07) is 17.1. The Morgan fingerprint density at radius 2 is 1.94 bits per heavy atom. The standard InChI is InChI=1S/C24H20N4O3.ClH/c29-27-21-15-24(22-13-18-4-1-11-28(18)16-26-22)31-23-6-5-19(14-20(21)23)30-12-2-3-17-7-9-25-10-8-17;/h1,4-11,13-16,29H,2-3,12H2;1H/b27-21-;. The van der Waals surface area contributed by atoms with Crippen LogP contribution in [-0.2, 0) is 6.42 Å². The molecular weight excluding hydrogens is 428 g/mol. The normalized spacial score (nSPS) is 11.6. The monoisotopic (exact) mass is 448 g/mol. The molecule has 1 N–H and O–H groups in total. The minimum atomic E-state index is 0. The van der Waals surface area contributed by atoms with Crippen molar-refractivity contribution in [2.75, 3.05) is 6.61 Å². The van der Waals surface area contributed by atoms with Crippen molar-refractivity contribution >= 4 is 28.9 Å². The molecule has 0 saturated heterocycles. The fraction of sp³-hybridized carbons (Fsp3) is 0.125. The summed E-state index contributed by atoms with van der Waals surface area (Å²) in [5.41, 5.74) is 3.48. The molecule has 32 heavy (non-hydrogen) atoms. The van der Waals surface area contributed by atoms with E-state index in [4.69, 9.17) is 9.15 Å². The van der Waals surface area contributed by atoms with Gasteiger partial charge in [0.15, 0.2) is 5.76 Å². The van der Waals surface area contributed by atoms with E-state index in [-0.39, 0.29) is 12.4 Å². The molecular formula is C24H21ClN4O3. The highest BCUT2D eigenvalue weighted by atomic mass is 35.5. The van der Waals surface area contributed by atoms with E-state index >= 15 is 0 Å². The molecule has 5 rings (SSSR count). The number of hydrogen-bond donors (Lipinski definition) is 1.